The van der Waals surface area contributed by atoms with E-state index in [1.54, 1.807) is 12.1 Å². The summed E-state index contributed by atoms with van der Waals surface area (Å²) < 4.78 is 5.18. The van der Waals surface area contributed by atoms with Gasteiger partial charge >= 0.3 is 35.5 Å². The third kappa shape index (κ3) is 4.73. The van der Waals surface area contributed by atoms with Crippen LogP contribution < -0.4 is 4.74 Å². The van der Waals surface area contributed by atoms with E-state index < -0.39 is 0 Å². The number of hydrogen-bond acceptors (Lipinski definition) is 2. The molecule has 0 aliphatic heterocycles. The summed E-state index contributed by atoms with van der Waals surface area (Å²) in [7, 11) is 0. The second kappa shape index (κ2) is 7.28. The molecule has 0 fully saturated rings. The molecule has 17 heavy (non-hydrogen) atoms. The van der Waals surface area contributed by atoms with E-state index in [2.05, 4.69) is 0 Å². The molecule has 0 atom stereocenters. The molecule has 2 rings (SSSR count). The Kier molecular flexibility index (Phi) is 5.98. The first-order chi connectivity index (χ1) is 7.84. The van der Waals surface area contributed by atoms with Gasteiger partial charge in [0.15, 0.2) is 0 Å². The molecule has 0 unspecified atom stereocenters. The molecular formula is C14H13NaO2. The molecule has 2 aromatic carbocycles. The number of para-hydroxylation sites is 1. The predicted octanol–water partition coefficient (Wildman–Crippen LogP) is 2.19. The maximum absolute atomic E-state index is 11.6. The van der Waals surface area contributed by atoms with Crippen LogP contribution in [0, 0.1) is 0 Å². The normalized spacial score (nSPS) is 9.18. The quantitative estimate of drug-likeness (QED) is 0.464. The van der Waals surface area contributed by atoms with Gasteiger partial charge in [0.1, 0.15) is 5.75 Å². The van der Waals surface area contributed by atoms with Crippen molar-refractivity contribution in [1.29, 1.82) is 0 Å². The van der Waals surface area contributed by atoms with Crippen LogP contribution in [0.4, 0.5) is 0 Å². The molecule has 82 valence electrons. The molecule has 2 aromatic rings. The fraction of sp³-hybridized carbons (Fsp3) is 0.0714. The molecule has 0 heterocycles. The van der Waals surface area contributed by atoms with Crippen LogP contribution in [-0.4, -0.2) is 35.5 Å². The fourth-order valence-electron chi connectivity index (χ4n) is 1.42. The minimum atomic E-state index is -0.239. The Morgan fingerprint density at radius 3 is 2.00 bits per heavy atom. The van der Waals surface area contributed by atoms with Gasteiger partial charge in [-0.05, 0) is 17.7 Å². The van der Waals surface area contributed by atoms with Gasteiger partial charge in [0.25, 0.3) is 0 Å². The second-order valence-corrected chi connectivity index (χ2v) is 3.45. The SMILES string of the molecule is O=C(Cc1ccccc1)Oc1ccccc1.[NaH]. The van der Waals surface area contributed by atoms with Crippen molar-refractivity contribution in [3.05, 3.63) is 66.2 Å². The van der Waals surface area contributed by atoms with E-state index in [1.165, 1.54) is 0 Å². The minimum absolute atomic E-state index is 0. The molecule has 0 N–H and O–H groups in total. The zero-order chi connectivity index (χ0) is 11.2. The molecule has 0 aliphatic rings. The van der Waals surface area contributed by atoms with Gasteiger partial charge in [-0.1, -0.05) is 48.5 Å². The summed E-state index contributed by atoms with van der Waals surface area (Å²) >= 11 is 0. The Morgan fingerprint density at radius 2 is 1.41 bits per heavy atom. The third-order valence-corrected chi connectivity index (χ3v) is 2.17. The van der Waals surface area contributed by atoms with Crippen LogP contribution in [0.25, 0.3) is 0 Å². The summed E-state index contributed by atoms with van der Waals surface area (Å²) in [6, 6.07) is 18.7. The molecule has 0 spiro atoms. The van der Waals surface area contributed by atoms with Crippen LogP contribution in [0.3, 0.4) is 0 Å². The zero-order valence-electron chi connectivity index (χ0n) is 8.80. The van der Waals surface area contributed by atoms with Gasteiger partial charge in [-0.3, -0.25) is 4.79 Å². The average Bonchev–Trinajstić information content (AvgIpc) is 2.31. The molecule has 3 heteroatoms. The van der Waals surface area contributed by atoms with Crippen molar-refractivity contribution >= 4 is 35.5 Å². The number of carbonyl (C=O) groups excluding carboxylic acids is 1. The van der Waals surface area contributed by atoms with E-state index in [1.807, 2.05) is 48.5 Å². The molecule has 0 amide bonds. The fourth-order valence-corrected chi connectivity index (χ4v) is 1.42. The first-order valence-corrected chi connectivity index (χ1v) is 5.14. The van der Waals surface area contributed by atoms with Gasteiger partial charge in [0.05, 0.1) is 6.42 Å². The van der Waals surface area contributed by atoms with E-state index in [9.17, 15) is 4.79 Å². The van der Waals surface area contributed by atoms with Crippen molar-refractivity contribution in [3.63, 3.8) is 0 Å². The van der Waals surface area contributed by atoms with Crippen LogP contribution in [-0.2, 0) is 11.2 Å². The van der Waals surface area contributed by atoms with Gasteiger partial charge in [0.2, 0.25) is 0 Å². The number of benzene rings is 2. The van der Waals surface area contributed by atoms with E-state index in [0.717, 1.165) is 5.56 Å². The van der Waals surface area contributed by atoms with Crippen molar-refractivity contribution in [2.75, 3.05) is 0 Å². The summed E-state index contributed by atoms with van der Waals surface area (Å²) in [6.07, 6.45) is 0.301. The van der Waals surface area contributed by atoms with Gasteiger partial charge in [0, 0.05) is 0 Å². The Balaban J connectivity index is 0.00000144. The number of rotatable bonds is 3. The summed E-state index contributed by atoms with van der Waals surface area (Å²) in [5.74, 6) is 0.348. The topological polar surface area (TPSA) is 26.3 Å². The first-order valence-electron chi connectivity index (χ1n) is 5.14. The van der Waals surface area contributed by atoms with Crippen molar-refractivity contribution in [2.24, 2.45) is 0 Å². The van der Waals surface area contributed by atoms with Crippen LogP contribution in [0.1, 0.15) is 5.56 Å². The molecule has 0 bridgehead atoms. The zero-order valence-corrected chi connectivity index (χ0v) is 8.80. The molecule has 0 aliphatic carbocycles. The predicted molar refractivity (Wildman–Crippen MR) is 69.4 cm³/mol. The molecule has 0 aromatic heterocycles. The van der Waals surface area contributed by atoms with Crippen LogP contribution >= 0.6 is 0 Å². The monoisotopic (exact) mass is 236 g/mol. The number of ether oxygens (including phenoxy) is 1. The van der Waals surface area contributed by atoms with Gasteiger partial charge in [-0.25, -0.2) is 0 Å². The van der Waals surface area contributed by atoms with Gasteiger partial charge in [-0.15, -0.1) is 0 Å². The van der Waals surface area contributed by atoms with E-state index in [4.69, 9.17) is 4.74 Å². The second-order valence-electron chi connectivity index (χ2n) is 3.45. The molecular weight excluding hydrogens is 223 g/mol. The Morgan fingerprint density at radius 1 is 0.882 bits per heavy atom. The third-order valence-electron chi connectivity index (χ3n) is 2.17. The summed E-state index contributed by atoms with van der Waals surface area (Å²) in [5.41, 5.74) is 0.962. The Bertz CT molecular complexity index is 411. The van der Waals surface area contributed by atoms with E-state index in [0.29, 0.717) is 12.2 Å². The van der Waals surface area contributed by atoms with Crippen LogP contribution in [0.2, 0.25) is 0 Å². The van der Waals surface area contributed by atoms with Crippen LogP contribution in [0.15, 0.2) is 60.7 Å². The number of carbonyl (C=O) groups is 1. The molecule has 0 saturated heterocycles. The first kappa shape index (κ1) is 14.0. The van der Waals surface area contributed by atoms with Crippen LogP contribution in [0.5, 0.6) is 5.75 Å². The van der Waals surface area contributed by atoms with Crippen molar-refractivity contribution < 1.29 is 9.53 Å². The van der Waals surface area contributed by atoms with E-state index >= 15 is 0 Å². The average molecular weight is 236 g/mol. The Hall–Kier alpha value is -1.09. The van der Waals surface area contributed by atoms with Crippen molar-refractivity contribution in [3.8, 4) is 5.75 Å². The summed E-state index contributed by atoms with van der Waals surface area (Å²) in [6.45, 7) is 0. The molecule has 2 nitrogen and oxygen atoms in total. The standard InChI is InChI=1S/C14H12O2.Na.H/c15-14(11-12-7-3-1-4-8-12)16-13-9-5-2-6-10-13;;/h1-10H,11H2;;. The summed E-state index contributed by atoms with van der Waals surface area (Å²) in [4.78, 5) is 11.6. The van der Waals surface area contributed by atoms with Gasteiger partial charge in [-0.2, -0.15) is 0 Å². The summed E-state index contributed by atoms with van der Waals surface area (Å²) in [5, 5.41) is 0. The number of hydrogen-bond donors (Lipinski definition) is 0. The van der Waals surface area contributed by atoms with Gasteiger partial charge < -0.3 is 4.74 Å². The molecule has 0 radical (unpaired) electrons. The number of esters is 1. The van der Waals surface area contributed by atoms with Crippen molar-refractivity contribution in [2.45, 2.75) is 6.42 Å². The molecule has 0 saturated carbocycles. The maximum atomic E-state index is 11.6. The Labute approximate surface area is 123 Å². The van der Waals surface area contributed by atoms with E-state index in [-0.39, 0.29) is 35.5 Å². The van der Waals surface area contributed by atoms with Crippen molar-refractivity contribution in [1.82, 2.24) is 0 Å².